The molecule has 7 heteroatoms. The quantitative estimate of drug-likeness (QED) is 0.657. The van der Waals surface area contributed by atoms with Gasteiger partial charge in [-0.15, -0.1) is 0 Å². The van der Waals surface area contributed by atoms with Crippen molar-refractivity contribution in [3.63, 3.8) is 0 Å². The number of carbonyl (C=O) groups excluding carboxylic acids is 1. The number of amides is 1. The number of nitrogens with one attached hydrogen (secondary N) is 2. The second kappa shape index (κ2) is 7.63. The topological polar surface area (TPSA) is 66.9 Å². The lowest BCUT2D eigenvalue weighted by molar-refractivity contribution is 0.103. The molecule has 0 bridgehead atoms. The number of hydrogen-bond acceptors (Lipinski definition) is 5. The van der Waals surface area contributed by atoms with Crippen LogP contribution in [-0.2, 0) is 6.42 Å². The molecule has 0 saturated heterocycles. The molecule has 3 aromatic rings. The van der Waals surface area contributed by atoms with Crippen LogP contribution in [0.25, 0.3) is 0 Å². The monoisotopic (exact) mass is 372 g/mol. The number of thiazole rings is 1. The fraction of sp³-hybridized carbons (Fsp3) is 0.167. The zero-order valence-corrected chi connectivity index (χ0v) is 15.4. The lowest BCUT2D eigenvalue weighted by atomic mass is 10.2. The van der Waals surface area contributed by atoms with E-state index in [9.17, 15) is 4.79 Å². The molecule has 25 heavy (non-hydrogen) atoms. The molecule has 3 rings (SSSR count). The predicted molar refractivity (Wildman–Crippen MR) is 103 cm³/mol. The Morgan fingerprint density at radius 2 is 2.12 bits per heavy atom. The summed E-state index contributed by atoms with van der Waals surface area (Å²) >= 11 is 7.42. The number of aromatic nitrogens is 2. The van der Waals surface area contributed by atoms with Crippen molar-refractivity contribution in [2.24, 2.45) is 0 Å². The second-order valence-corrected chi connectivity index (χ2v) is 6.88. The Balaban J connectivity index is 1.73. The first-order valence-electron chi connectivity index (χ1n) is 7.81. The summed E-state index contributed by atoms with van der Waals surface area (Å²) in [6, 6.07) is 9.43. The highest BCUT2D eigenvalue weighted by Gasteiger charge is 2.14. The van der Waals surface area contributed by atoms with E-state index in [4.69, 9.17) is 11.6 Å². The van der Waals surface area contributed by atoms with Crippen molar-refractivity contribution in [3.05, 3.63) is 63.8 Å². The minimum absolute atomic E-state index is 0.239. The van der Waals surface area contributed by atoms with E-state index < -0.39 is 0 Å². The van der Waals surface area contributed by atoms with Gasteiger partial charge >= 0.3 is 0 Å². The highest BCUT2D eigenvalue weighted by molar-refractivity contribution is 7.17. The number of hydrogen-bond donors (Lipinski definition) is 2. The zero-order valence-electron chi connectivity index (χ0n) is 13.8. The number of benzene rings is 1. The summed E-state index contributed by atoms with van der Waals surface area (Å²) in [6.45, 7) is 3.98. The first-order chi connectivity index (χ1) is 12.1. The molecule has 5 nitrogen and oxygen atoms in total. The molecule has 2 N–H and O–H groups in total. The molecule has 0 radical (unpaired) electrons. The Hall–Kier alpha value is -2.44. The van der Waals surface area contributed by atoms with Crippen molar-refractivity contribution in [1.82, 2.24) is 9.97 Å². The summed E-state index contributed by atoms with van der Waals surface area (Å²) in [6.07, 6.45) is 4.22. The van der Waals surface area contributed by atoms with Crippen LogP contribution in [0.4, 0.5) is 16.6 Å². The van der Waals surface area contributed by atoms with E-state index in [1.807, 2.05) is 31.2 Å². The van der Waals surface area contributed by atoms with Crippen molar-refractivity contribution in [2.45, 2.75) is 20.3 Å². The van der Waals surface area contributed by atoms with Crippen LogP contribution in [0.15, 0.2) is 42.7 Å². The summed E-state index contributed by atoms with van der Waals surface area (Å²) < 4.78 is 0. The van der Waals surface area contributed by atoms with E-state index in [-0.39, 0.29) is 5.91 Å². The second-order valence-electron chi connectivity index (χ2n) is 5.44. The van der Waals surface area contributed by atoms with E-state index in [0.717, 1.165) is 12.0 Å². The van der Waals surface area contributed by atoms with Crippen LogP contribution >= 0.6 is 22.9 Å². The Labute approximate surface area is 155 Å². The number of nitrogens with zero attached hydrogens (tertiary/aromatic N) is 2. The summed E-state index contributed by atoms with van der Waals surface area (Å²) in [4.78, 5) is 21.4. The van der Waals surface area contributed by atoms with Crippen molar-refractivity contribution in [3.8, 4) is 0 Å². The molecule has 2 aromatic heterocycles. The Morgan fingerprint density at radius 1 is 1.28 bits per heavy atom. The van der Waals surface area contributed by atoms with Gasteiger partial charge in [-0.05, 0) is 42.7 Å². The lowest BCUT2D eigenvalue weighted by Gasteiger charge is -2.08. The van der Waals surface area contributed by atoms with E-state index in [1.54, 1.807) is 12.3 Å². The van der Waals surface area contributed by atoms with Gasteiger partial charge in [-0.3, -0.25) is 4.79 Å². The van der Waals surface area contributed by atoms with E-state index in [0.29, 0.717) is 26.5 Å². The van der Waals surface area contributed by atoms with Gasteiger partial charge in [-0.25, -0.2) is 9.97 Å². The first-order valence-corrected chi connectivity index (χ1v) is 9.00. The van der Waals surface area contributed by atoms with Crippen LogP contribution in [0, 0.1) is 6.92 Å². The number of anilines is 3. The molecule has 0 atom stereocenters. The summed E-state index contributed by atoms with van der Waals surface area (Å²) in [5.41, 5.74) is 2.71. The lowest BCUT2D eigenvalue weighted by Crippen LogP contribution is -2.11. The average molecular weight is 373 g/mol. The van der Waals surface area contributed by atoms with Gasteiger partial charge in [0.05, 0.1) is 16.9 Å². The Morgan fingerprint density at radius 3 is 2.88 bits per heavy atom. The molecule has 2 heterocycles. The summed E-state index contributed by atoms with van der Waals surface area (Å²) in [7, 11) is 0. The van der Waals surface area contributed by atoms with Crippen molar-refractivity contribution >= 4 is 45.5 Å². The molecule has 0 aliphatic heterocycles. The minimum atomic E-state index is -0.239. The summed E-state index contributed by atoms with van der Waals surface area (Å²) in [5.74, 6) is 0.472. The third-order valence-electron chi connectivity index (χ3n) is 3.66. The van der Waals surface area contributed by atoms with Crippen LogP contribution in [0.3, 0.4) is 0 Å². The fourth-order valence-corrected chi connectivity index (χ4v) is 3.26. The van der Waals surface area contributed by atoms with Crippen LogP contribution in [-0.4, -0.2) is 15.9 Å². The van der Waals surface area contributed by atoms with E-state index in [2.05, 4.69) is 27.5 Å². The molecular formula is C18H17ClN4OS. The maximum absolute atomic E-state index is 12.4. The SMILES string of the molecule is CCc1ccnc(Nc2ncc(C(=O)Nc3c(C)cccc3Cl)s2)c1. The van der Waals surface area contributed by atoms with Gasteiger partial charge in [-0.2, -0.15) is 0 Å². The standard InChI is InChI=1S/C18H17ClN4OS/c1-3-12-7-8-20-15(9-12)22-18-21-10-14(25-18)17(24)23-16-11(2)5-4-6-13(16)19/h4-10H,3H2,1-2H3,(H,23,24)(H,20,21,22). The van der Waals surface area contributed by atoms with Gasteiger partial charge in [0.15, 0.2) is 5.13 Å². The zero-order chi connectivity index (χ0) is 17.8. The number of para-hydroxylation sites is 1. The molecule has 0 aliphatic carbocycles. The van der Waals surface area contributed by atoms with Gasteiger partial charge in [0.25, 0.3) is 5.91 Å². The molecule has 0 spiro atoms. The predicted octanol–water partition coefficient (Wildman–Crippen LogP) is 5.06. The van der Waals surface area contributed by atoms with Crippen LogP contribution in [0.1, 0.15) is 27.7 Å². The van der Waals surface area contributed by atoms with Crippen molar-refractivity contribution < 1.29 is 4.79 Å². The number of halogens is 1. The highest BCUT2D eigenvalue weighted by Crippen LogP contribution is 2.27. The van der Waals surface area contributed by atoms with E-state index in [1.165, 1.54) is 23.1 Å². The first kappa shape index (κ1) is 17.4. The van der Waals surface area contributed by atoms with Crippen LogP contribution < -0.4 is 10.6 Å². The molecule has 1 amide bonds. The van der Waals surface area contributed by atoms with Gasteiger partial charge in [0, 0.05) is 6.20 Å². The number of aryl methyl sites for hydroxylation is 2. The van der Waals surface area contributed by atoms with Crippen molar-refractivity contribution in [2.75, 3.05) is 10.6 Å². The minimum Gasteiger partial charge on any atom is -0.320 e. The molecule has 0 saturated carbocycles. The third kappa shape index (κ3) is 4.15. The fourth-order valence-electron chi connectivity index (χ4n) is 2.27. The molecule has 0 aliphatic rings. The number of rotatable bonds is 5. The average Bonchev–Trinajstić information content (AvgIpc) is 3.07. The maximum atomic E-state index is 12.4. The maximum Gasteiger partial charge on any atom is 0.267 e. The highest BCUT2D eigenvalue weighted by atomic mass is 35.5. The largest absolute Gasteiger partial charge is 0.320 e. The number of pyridine rings is 1. The van der Waals surface area contributed by atoms with Gasteiger partial charge in [-0.1, -0.05) is 42.0 Å². The van der Waals surface area contributed by atoms with Crippen LogP contribution in [0.2, 0.25) is 5.02 Å². The van der Waals surface area contributed by atoms with E-state index >= 15 is 0 Å². The smallest absolute Gasteiger partial charge is 0.267 e. The molecule has 0 fully saturated rings. The third-order valence-corrected chi connectivity index (χ3v) is 4.88. The van der Waals surface area contributed by atoms with Crippen LogP contribution in [0.5, 0.6) is 0 Å². The van der Waals surface area contributed by atoms with Gasteiger partial charge in [0.2, 0.25) is 0 Å². The molecular weight excluding hydrogens is 356 g/mol. The summed E-state index contributed by atoms with van der Waals surface area (Å²) in [5, 5.41) is 7.10. The van der Waals surface area contributed by atoms with Gasteiger partial charge < -0.3 is 10.6 Å². The molecule has 128 valence electrons. The number of carbonyl (C=O) groups is 1. The molecule has 1 aromatic carbocycles. The van der Waals surface area contributed by atoms with Gasteiger partial charge in [0.1, 0.15) is 10.7 Å². The Bertz CT molecular complexity index is 889. The normalized spacial score (nSPS) is 10.5. The van der Waals surface area contributed by atoms with Crippen molar-refractivity contribution in [1.29, 1.82) is 0 Å². The Kier molecular flexibility index (Phi) is 5.31. The molecule has 0 unspecified atom stereocenters.